The second-order valence-corrected chi connectivity index (χ2v) is 8.57. The van der Waals surface area contributed by atoms with Gasteiger partial charge in [-0.1, -0.05) is 13.8 Å². The van der Waals surface area contributed by atoms with Gasteiger partial charge in [0, 0.05) is 40.5 Å². The zero-order chi connectivity index (χ0) is 21.0. The van der Waals surface area contributed by atoms with Crippen LogP contribution in [0.1, 0.15) is 44.0 Å². The third-order valence-electron chi connectivity index (χ3n) is 6.59. The fourth-order valence-corrected chi connectivity index (χ4v) is 4.10. The fourth-order valence-electron chi connectivity index (χ4n) is 4.10. The highest BCUT2D eigenvalue weighted by Crippen LogP contribution is 2.46. The predicted octanol–water partition coefficient (Wildman–Crippen LogP) is 2.95. The summed E-state index contributed by atoms with van der Waals surface area (Å²) in [7, 11) is 0. The fraction of sp³-hybridized carbons (Fsp3) is 0.381. The first-order valence-electron chi connectivity index (χ1n) is 9.59. The van der Waals surface area contributed by atoms with Crippen molar-refractivity contribution in [3.05, 3.63) is 48.3 Å². The Morgan fingerprint density at radius 2 is 2.14 bits per heavy atom. The van der Waals surface area contributed by atoms with Crippen molar-refractivity contribution in [1.82, 2.24) is 14.6 Å². The zero-order valence-electron chi connectivity index (χ0n) is 16.7. The van der Waals surface area contributed by atoms with Crippen LogP contribution in [0.15, 0.2) is 36.8 Å². The highest BCUT2D eigenvalue weighted by Gasteiger charge is 2.49. The van der Waals surface area contributed by atoms with Crippen LogP contribution < -0.4 is 16.8 Å². The quantitative estimate of drug-likeness (QED) is 0.587. The Labute approximate surface area is 168 Å². The summed E-state index contributed by atoms with van der Waals surface area (Å²) in [6, 6.07) is 5.14. The zero-order valence-corrected chi connectivity index (χ0v) is 16.7. The molecule has 152 valence electrons. The van der Waals surface area contributed by atoms with Crippen LogP contribution in [0.2, 0.25) is 0 Å². The number of rotatable bonds is 4. The minimum Gasteiger partial charge on any atom is -0.379 e. The topological polar surface area (TPSA) is 111 Å². The molecule has 5 N–H and O–H groups in total. The maximum atomic E-state index is 14.2. The number of carbonyl (C=O) groups is 1. The highest BCUT2D eigenvalue weighted by atomic mass is 19.1. The molecule has 2 atom stereocenters. The highest BCUT2D eigenvalue weighted by molar-refractivity contribution is 6.02. The van der Waals surface area contributed by atoms with E-state index in [1.54, 1.807) is 28.9 Å². The molecule has 0 aliphatic heterocycles. The van der Waals surface area contributed by atoms with Crippen LogP contribution in [0.5, 0.6) is 0 Å². The van der Waals surface area contributed by atoms with Crippen LogP contribution in [-0.2, 0) is 0 Å². The lowest BCUT2D eigenvalue weighted by Crippen LogP contribution is -2.51. The molecule has 0 aromatic carbocycles. The van der Waals surface area contributed by atoms with Gasteiger partial charge in [-0.3, -0.25) is 4.79 Å². The second-order valence-electron chi connectivity index (χ2n) is 8.57. The first-order valence-corrected chi connectivity index (χ1v) is 9.59. The number of nitrogens with one attached hydrogen (secondary N) is 1. The Morgan fingerprint density at radius 1 is 1.38 bits per heavy atom. The third-order valence-corrected chi connectivity index (χ3v) is 6.59. The van der Waals surface area contributed by atoms with Crippen molar-refractivity contribution in [2.24, 2.45) is 16.9 Å². The molecule has 3 aromatic rings. The molecular weight excluding hydrogens is 371 g/mol. The Hall–Kier alpha value is -3.00. The molecule has 1 saturated carbocycles. The number of nitrogens with zero attached hydrogens (tertiary/aromatic N) is 3. The number of amides is 1. The lowest BCUT2D eigenvalue weighted by Gasteiger charge is -2.39. The Bertz CT molecular complexity index is 1100. The van der Waals surface area contributed by atoms with E-state index in [0.717, 1.165) is 12.8 Å². The van der Waals surface area contributed by atoms with Gasteiger partial charge in [-0.25, -0.2) is 9.50 Å². The van der Waals surface area contributed by atoms with E-state index in [-0.39, 0.29) is 22.6 Å². The molecule has 4 rings (SSSR count). The van der Waals surface area contributed by atoms with Gasteiger partial charge in [0.15, 0.2) is 0 Å². The summed E-state index contributed by atoms with van der Waals surface area (Å²) in [5.74, 6) is -1.15. The number of carbonyl (C=O) groups excluding carboxylic acids is 1. The standard InChI is InChI=1S/C21H25FN6O/c1-20(2)16(6-7-21(20,3)24)27-17-14(19(23)29)10-26-28-11-12(9-15(17)28)13-5-4-8-25-18(13)22/h4-5,8-11,16,27H,6-7,24H2,1-3H3,(H2,23,29)/t16-,21+/m1/s1. The van der Waals surface area contributed by atoms with E-state index in [0.29, 0.717) is 22.3 Å². The van der Waals surface area contributed by atoms with Crippen molar-refractivity contribution in [3.8, 4) is 11.1 Å². The van der Waals surface area contributed by atoms with E-state index >= 15 is 0 Å². The molecule has 3 aromatic heterocycles. The van der Waals surface area contributed by atoms with Crippen LogP contribution in [-0.4, -0.2) is 32.1 Å². The number of pyridine rings is 1. The van der Waals surface area contributed by atoms with E-state index in [1.807, 2.05) is 6.92 Å². The lowest BCUT2D eigenvalue weighted by atomic mass is 9.75. The first kappa shape index (κ1) is 19.3. The summed E-state index contributed by atoms with van der Waals surface area (Å²) in [6.45, 7) is 6.29. The summed E-state index contributed by atoms with van der Waals surface area (Å²) < 4.78 is 15.8. The maximum absolute atomic E-state index is 14.2. The van der Waals surface area contributed by atoms with Gasteiger partial charge in [-0.2, -0.15) is 9.49 Å². The van der Waals surface area contributed by atoms with Crippen molar-refractivity contribution >= 4 is 17.1 Å². The average Bonchev–Trinajstić information content (AvgIpc) is 3.16. The normalized spacial score (nSPS) is 23.4. The number of nitrogens with two attached hydrogens (primary N) is 2. The van der Waals surface area contributed by atoms with E-state index < -0.39 is 11.9 Å². The summed E-state index contributed by atoms with van der Waals surface area (Å²) >= 11 is 0. The third kappa shape index (κ3) is 3.04. The molecule has 0 bridgehead atoms. The predicted molar refractivity (Wildman–Crippen MR) is 110 cm³/mol. The van der Waals surface area contributed by atoms with Gasteiger partial charge < -0.3 is 16.8 Å². The maximum Gasteiger partial charge on any atom is 0.252 e. The summed E-state index contributed by atoms with van der Waals surface area (Å²) in [4.78, 5) is 15.8. The SMILES string of the molecule is CC1(C)[C@H](Nc2c(C(N)=O)cnn3cc(-c4cccnc4F)cc23)CC[C@]1(C)N. The number of anilines is 1. The molecule has 0 spiro atoms. The van der Waals surface area contributed by atoms with Gasteiger partial charge in [0.25, 0.3) is 5.91 Å². The molecule has 1 aliphatic carbocycles. The van der Waals surface area contributed by atoms with E-state index in [9.17, 15) is 9.18 Å². The summed E-state index contributed by atoms with van der Waals surface area (Å²) in [5, 5.41) is 7.79. The van der Waals surface area contributed by atoms with Crippen LogP contribution in [0.3, 0.4) is 0 Å². The van der Waals surface area contributed by atoms with Gasteiger partial charge in [0.2, 0.25) is 5.95 Å². The Morgan fingerprint density at radius 3 is 2.76 bits per heavy atom. The van der Waals surface area contributed by atoms with Crippen LogP contribution in [0, 0.1) is 11.4 Å². The number of halogens is 1. The van der Waals surface area contributed by atoms with Crippen LogP contribution in [0.25, 0.3) is 16.6 Å². The largest absolute Gasteiger partial charge is 0.379 e. The number of primary amides is 1. The first-order chi connectivity index (χ1) is 13.6. The molecule has 1 fully saturated rings. The smallest absolute Gasteiger partial charge is 0.252 e. The van der Waals surface area contributed by atoms with Gasteiger partial charge in [0.05, 0.1) is 23.0 Å². The molecule has 1 aliphatic rings. The van der Waals surface area contributed by atoms with Gasteiger partial charge in [0.1, 0.15) is 0 Å². The van der Waals surface area contributed by atoms with Crippen molar-refractivity contribution in [2.45, 2.75) is 45.2 Å². The summed E-state index contributed by atoms with van der Waals surface area (Å²) in [5.41, 5.74) is 14.1. The number of fused-ring (bicyclic) bond motifs is 1. The van der Waals surface area contributed by atoms with Crippen molar-refractivity contribution < 1.29 is 9.18 Å². The lowest BCUT2D eigenvalue weighted by molar-refractivity contribution is 0.100. The number of aromatic nitrogens is 3. The molecule has 8 heteroatoms. The minimum absolute atomic E-state index is 0.0373. The van der Waals surface area contributed by atoms with Crippen LogP contribution in [0.4, 0.5) is 10.1 Å². The minimum atomic E-state index is -0.580. The number of hydrogen-bond acceptors (Lipinski definition) is 5. The van der Waals surface area contributed by atoms with Crippen LogP contribution >= 0.6 is 0 Å². The Kier molecular flexibility index (Phi) is 4.34. The Balaban J connectivity index is 1.84. The monoisotopic (exact) mass is 396 g/mol. The van der Waals surface area contributed by atoms with E-state index in [4.69, 9.17) is 11.5 Å². The molecule has 29 heavy (non-hydrogen) atoms. The van der Waals surface area contributed by atoms with Crippen molar-refractivity contribution in [2.75, 3.05) is 5.32 Å². The van der Waals surface area contributed by atoms with Gasteiger partial charge in [-0.05, 0) is 38.0 Å². The van der Waals surface area contributed by atoms with Gasteiger partial charge >= 0.3 is 0 Å². The molecule has 3 heterocycles. The molecule has 0 saturated heterocycles. The van der Waals surface area contributed by atoms with Crippen molar-refractivity contribution in [3.63, 3.8) is 0 Å². The average molecular weight is 396 g/mol. The summed E-state index contributed by atoms with van der Waals surface area (Å²) in [6.07, 6.45) is 6.26. The molecule has 0 unspecified atom stereocenters. The van der Waals surface area contributed by atoms with E-state index in [1.165, 1.54) is 12.4 Å². The van der Waals surface area contributed by atoms with Crippen molar-refractivity contribution in [1.29, 1.82) is 0 Å². The van der Waals surface area contributed by atoms with E-state index in [2.05, 4.69) is 29.2 Å². The molecular formula is C21H25FN6O. The second kappa shape index (κ2) is 6.52. The van der Waals surface area contributed by atoms with Gasteiger partial charge in [-0.15, -0.1) is 0 Å². The number of hydrogen-bond donors (Lipinski definition) is 3. The molecule has 1 amide bonds. The molecule has 0 radical (unpaired) electrons. The molecule has 7 nitrogen and oxygen atoms in total.